The summed E-state index contributed by atoms with van der Waals surface area (Å²) in [6.07, 6.45) is 4.27. The monoisotopic (exact) mass is 148 g/mol. The van der Waals surface area contributed by atoms with Crippen molar-refractivity contribution in [1.29, 1.82) is 0 Å². The van der Waals surface area contributed by atoms with Crippen LogP contribution < -0.4 is 12.4 Å². The Morgan fingerprint density at radius 3 is 1.50 bits per heavy atom. The molecule has 0 aromatic carbocycles. The molecule has 1 heterocycles. The fourth-order valence-electron chi connectivity index (χ4n) is 0.593. The predicted molar refractivity (Wildman–Crippen MR) is 37.0 cm³/mol. The summed E-state index contributed by atoms with van der Waals surface area (Å²) >= 11 is 0. The zero-order valence-electron chi connectivity index (χ0n) is 5.13. The second-order valence-electron chi connectivity index (χ2n) is 2.31. The summed E-state index contributed by atoms with van der Waals surface area (Å²) in [7, 11) is -0.654. The molecule has 2 heteroatoms. The Labute approximate surface area is 57.4 Å². The van der Waals surface area contributed by atoms with Gasteiger partial charge in [-0.3, -0.25) is 0 Å². The van der Waals surface area contributed by atoms with E-state index in [1.807, 2.05) is 0 Å². The van der Waals surface area contributed by atoms with Crippen LogP contribution in [0.25, 0.3) is 0 Å². The molecule has 0 spiro atoms. The highest BCUT2D eigenvalue weighted by molar-refractivity contribution is 7.80. The Balaban J connectivity index is 0.000000490. The second kappa shape index (κ2) is 2.66. The van der Waals surface area contributed by atoms with E-state index in [-0.39, 0.29) is 12.4 Å². The first-order chi connectivity index (χ1) is 3.21. The summed E-state index contributed by atoms with van der Waals surface area (Å²) in [6, 6.07) is 0. The third kappa shape index (κ3) is 1.98. The first-order valence-corrected chi connectivity index (χ1v) is 5.23. The van der Waals surface area contributed by atoms with Crippen molar-refractivity contribution in [3.63, 3.8) is 0 Å². The molecule has 0 radical (unpaired) electrons. The minimum Gasteiger partial charge on any atom is -1.00 e. The van der Waals surface area contributed by atoms with E-state index in [2.05, 4.69) is 37.1 Å². The Hall–Kier alpha value is 0.200. The van der Waals surface area contributed by atoms with Crippen molar-refractivity contribution in [2.75, 3.05) is 13.3 Å². The van der Waals surface area contributed by atoms with Crippen LogP contribution in [0.5, 0.6) is 0 Å². The average Bonchev–Trinajstić information content (AvgIpc) is 1.84. The van der Waals surface area contributed by atoms with Gasteiger partial charge in [-0.15, -0.1) is 0 Å². The number of hydrogen-bond acceptors (Lipinski definition) is 0. The lowest BCUT2D eigenvalue weighted by Crippen LogP contribution is -3.00. The van der Waals surface area contributed by atoms with Gasteiger partial charge in [0.1, 0.15) is 0 Å². The zero-order valence-corrected chi connectivity index (χ0v) is 6.78. The van der Waals surface area contributed by atoms with Gasteiger partial charge in [0.15, 0.2) is 0 Å². The third-order valence-electron chi connectivity index (χ3n) is 1.05. The van der Waals surface area contributed by atoms with Crippen LogP contribution in [-0.2, 0) is 0 Å². The number of allylic oxidation sites excluding steroid dienone is 2. The molecule has 0 bridgehead atoms. The van der Waals surface area contributed by atoms with E-state index in [1.54, 1.807) is 0 Å². The maximum Gasteiger partial charge on any atom is 0.0629 e. The fourth-order valence-corrected chi connectivity index (χ4v) is 1.78. The van der Waals surface area contributed by atoms with Crippen molar-refractivity contribution in [3.8, 4) is 0 Å². The van der Waals surface area contributed by atoms with Crippen molar-refractivity contribution in [2.24, 2.45) is 0 Å². The fraction of sp³-hybridized carbons (Fsp3) is 0.333. The Morgan fingerprint density at radius 2 is 1.38 bits per heavy atom. The lowest BCUT2D eigenvalue weighted by molar-refractivity contribution is -0.00000159. The standard InChI is InChI=1S/C6H10P.ClH/c1-7(2)5-3-4-6-7;/h3-6H,1-2H3;1H/q+1;/p-1. The predicted octanol–water partition coefficient (Wildman–Crippen LogP) is -0.691. The molecule has 1 aliphatic rings. The summed E-state index contributed by atoms with van der Waals surface area (Å²) in [5, 5.41) is 0. The molecule has 0 saturated heterocycles. The highest BCUT2D eigenvalue weighted by Crippen LogP contribution is 2.56. The third-order valence-corrected chi connectivity index (χ3v) is 2.93. The van der Waals surface area contributed by atoms with Gasteiger partial charge in [-0.25, -0.2) is 0 Å². The maximum absolute atomic E-state index is 2.30. The van der Waals surface area contributed by atoms with Crippen molar-refractivity contribution < 1.29 is 12.4 Å². The molecule has 0 N–H and O–H groups in total. The molecule has 0 nitrogen and oxygen atoms in total. The summed E-state index contributed by atoms with van der Waals surface area (Å²) in [5.41, 5.74) is 0. The van der Waals surface area contributed by atoms with E-state index in [0.29, 0.717) is 0 Å². The molecule has 0 aromatic heterocycles. The first kappa shape index (κ1) is 8.20. The van der Waals surface area contributed by atoms with Gasteiger partial charge in [-0.05, 0) is 12.2 Å². The van der Waals surface area contributed by atoms with Gasteiger partial charge in [0.05, 0.1) is 32.2 Å². The molecular weight excluding hydrogens is 138 g/mol. The molecule has 0 atom stereocenters. The van der Waals surface area contributed by atoms with Crippen LogP contribution in [0.1, 0.15) is 0 Å². The molecule has 0 fully saturated rings. The summed E-state index contributed by atoms with van der Waals surface area (Å²) in [4.78, 5) is 0. The largest absolute Gasteiger partial charge is 1.00 e. The normalized spacial score (nSPS) is 20.8. The second-order valence-corrected chi connectivity index (χ2v) is 6.17. The minimum atomic E-state index is -0.654. The Kier molecular flexibility index (Phi) is 2.73. The molecule has 0 aromatic rings. The molecule has 46 valence electrons. The highest BCUT2D eigenvalue weighted by Gasteiger charge is 2.18. The van der Waals surface area contributed by atoms with Crippen molar-refractivity contribution in [3.05, 3.63) is 23.8 Å². The van der Waals surface area contributed by atoms with Crippen LogP contribution >= 0.6 is 7.26 Å². The zero-order chi connectivity index (χ0) is 5.33. The maximum atomic E-state index is 2.30. The minimum absolute atomic E-state index is 0. The lowest BCUT2D eigenvalue weighted by atomic mass is 10.6. The van der Waals surface area contributed by atoms with Crippen LogP contribution in [0.4, 0.5) is 0 Å². The Bertz CT molecular complexity index is 110. The van der Waals surface area contributed by atoms with E-state index in [1.165, 1.54) is 0 Å². The molecule has 1 rings (SSSR count). The van der Waals surface area contributed by atoms with Gasteiger partial charge >= 0.3 is 0 Å². The van der Waals surface area contributed by atoms with Gasteiger partial charge in [0.25, 0.3) is 0 Å². The molecule has 8 heavy (non-hydrogen) atoms. The lowest BCUT2D eigenvalue weighted by Gasteiger charge is -1.98. The van der Waals surface area contributed by atoms with Crippen LogP contribution in [0.2, 0.25) is 0 Å². The quantitative estimate of drug-likeness (QED) is 0.399. The Morgan fingerprint density at radius 1 is 1.00 bits per heavy atom. The van der Waals surface area contributed by atoms with E-state index in [0.717, 1.165) is 0 Å². The SMILES string of the molecule is C[P+]1(C)C=CC=C1.[Cl-]. The van der Waals surface area contributed by atoms with Gasteiger partial charge in [0.2, 0.25) is 0 Å². The highest BCUT2D eigenvalue weighted by atomic mass is 35.5. The number of hydrogen-bond donors (Lipinski definition) is 0. The van der Waals surface area contributed by atoms with Crippen LogP contribution in [0.3, 0.4) is 0 Å². The first-order valence-electron chi connectivity index (χ1n) is 2.41. The number of rotatable bonds is 0. The van der Waals surface area contributed by atoms with Crippen molar-refractivity contribution >= 4 is 7.26 Å². The van der Waals surface area contributed by atoms with E-state index in [9.17, 15) is 0 Å². The van der Waals surface area contributed by atoms with Crippen LogP contribution in [0, 0.1) is 0 Å². The van der Waals surface area contributed by atoms with Crippen molar-refractivity contribution in [2.45, 2.75) is 0 Å². The molecular formula is C6H10ClP. The summed E-state index contributed by atoms with van der Waals surface area (Å²) in [5.74, 6) is 4.60. The van der Waals surface area contributed by atoms with Crippen LogP contribution in [0.15, 0.2) is 23.8 Å². The topological polar surface area (TPSA) is 0 Å². The summed E-state index contributed by atoms with van der Waals surface area (Å²) < 4.78 is 0. The average molecular weight is 149 g/mol. The van der Waals surface area contributed by atoms with Gasteiger partial charge in [-0.1, -0.05) is 0 Å². The molecule has 0 amide bonds. The van der Waals surface area contributed by atoms with Crippen molar-refractivity contribution in [1.82, 2.24) is 0 Å². The van der Waals surface area contributed by atoms with Gasteiger partial charge < -0.3 is 12.4 Å². The number of halogens is 1. The van der Waals surface area contributed by atoms with E-state index in [4.69, 9.17) is 0 Å². The molecule has 0 aliphatic carbocycles. The molecule has 0 unspecified atom stereocenters. The van der Waals surface area contributed by atoms with Crippen LogP contribution in [-0.4, -0.2) is 13.3 Å². The summed E-state index contributed by atoms with van der Waals surface area (Å²) in [6.45, 7) is 4.60. The molecule has 0 saturated carbocycles. The van der Waals surface area contributed by atoms with E-state index < -0.39 is 7.26 Å². The van der Waals surface area contributed by atoms with E-state index >= 15 is 0 Å². The van der Waals surface area contributed by atoms with Gasteiger partial charge in [-0.2, -0.15) is 0 Å². The van der Waals surface area contributed by atoms with Gasteiger partial charge in [0, 0.05) is 0 Å². The molecule has 1 aliphatic heterocycles. The smallest absolute Gasteiger partial charge is 0.0629 e.